The van der Waals surface area contributed by atoms with E-state index < -0.39 is 5.97 Å². The van der Waals surface area contributed by atoms with Crippen LogP contribution in [-0.2, 0) is 6.54 Å². The van der Waals surface area contributed by atoms with Crippen molar-refractivity contribution < 1.29 is 9.90 Å². The quantitative estimate of drug-likeness (QED) is 0.786. The van der Waals surface area contributed by atoms with E-state index in [0.29, 0.717) is 17.5 Å². The fourth-order valence-corrected chi connectivity index (χ4v) is 4.17. The SMILES string of the molecule is O=C(O)c1ccc(CN2CCC(CN[C@H]3C[C@@H]3c3ccccc3)CC2)cc1. The summed E-state index contributed by atoms with van der Waals surface area (Å²) in [6, 6.07) is 18.8. The van der Waals surface area contributed by atoms with Crippen molar-refractivity contribution in [1.29, 1.82) is 0 Å². The maximum atomic E-state index is 10.9. The van der Waals surface area contributed by atoms with Crippen LogP contribution in [0.3, 0.4) is 0 Å². The highest BCUT2D eigenvalue weighted by Gasteiger charge is 2.38. The second kappa shape index (κ2) is 8.24. The second-order valence-corrected chi connectivity index (χ2v) is 7.99. The number of carbonyl (C=O) groups is 1. The molecule has 1 saturated carbocycles. The van der Waals surface area contributed by atoms with Gasteiger partial charge in [0.15, 0.2) is 0 Å². The average Bonchev–Trinajstić information content (AvgIpc) is 3.48. The summed E-state index contributed by atoms with van der Waals surface area (Å²) in [4.78, 5) is 13.4. The molecule has 27 heavy (non-hydrogen) atoms. The molecule has 0 radical (unpaired) electrons. The number of hydrogen-bond donors (Lipinski definition) is 2. The largest absolute Gasteiger partial charge is 0.478 e. The van der Waals surface area contributed by atoms with Gasteiger partial charge in [-0.15, -0.1) is 0 Å². The number of rotatable bonds is 7. The van der Waals surface area contributed by atoms with Gasteiger partial charge in [0.2, 0.25) is 0 Å². The van der Waals surface area contributed by atoms with E-state index in [-0.39, 0.29) is 0 Å². The molecule has 2 aromatic rings. The highest BCUT2D eigenvalue weighted by molar-refractivity contribution is 5.87. The van der Waals surface area contributed by atoms with Gasteiger partial charge in [-0.2, -0.15) is 0 Å². The summed E-state index contributed by atoms with van der Waals surface area (Å²) in [7, 11) is 0. The minimum absolute atomic E-state index is 0.359. The van der Waals surface area contributed by atoms with Crippen LogP contribution in [0, 0.1) is 5.92 Å². The van der Waals surface area contributed by atoms with Crippen LogP contribution in [0.2, 0.25) is 0 Å². The van der Waals surface area contributed by atoms with E-state index in [1.807, 2.05) is 12.1 Å². The Morgan fingerprint density at radius 2 is 1.74 bits per heavy atom. The maximum Gasteiger partial charge on any atom is 0.335 e. The van der Waals surface area contributed by atoms with Gasteiger partial charge in [-0.3, -0.25) is 4.90 Å². The summed E-state index contributed by atoms with van der Waals surface area (Å²) in [5.41, 5.74) is 3.02. The molecule has 4 heteroatoms. The van der Waals surface area contributed by atoms with Gasteiger partial charge < -0.3 is 10.4 Å². The maximum absolute atomic E-state index is 10.9. The van der Waals surface area contributed by atoms with Gasteiger partial charge in [-0.1, -0.05) is 42.5 Å². The fraction of sp³-hybridized carbons (Fsp3) is 0.435. The molecule has 0 amide bonds. The average molecular weight is 364 g/mol. The molecule has 2 N–H and O–H groups in total. The van der Waals surface area contributed by atoms with E-state index in [9.17, 15) is 4.79 Å². The van der Waals surface area contributed by atoms with Crippen LogP contribution in [0.5, 0.6) is 0 Å². The van der Waals surface area contributed by atoms with Crippen molar-refractivity contribution in [2.45, 2.75) is 37.8 Å². The highest BCUT2D eigenvalue weighted by Crippen LogP contribution is 2.40. The molecule has 142 valence electrons. The highest BCUT2D eigenvalue weighted by atomic mass is 16.4. The van der Waals surface area contributed by atoms with Crippen molar-refractivity contribution in [3.8, 4) is 0 Å². The first-order chi connectivity index (χ1) is 13.2. The molecule has 4 rings (SSSR count). The van der Waals surface area contributed by atoms with E-state index in [1.165, 1.54) is 30.4 Å². The number of benzene rings is 2. The standard InChI is InChI=1S/C23H28N2O2/c26-23(27)20-8-6-18(7-9-20)16-25-12-10-17(11-13-25)15-24-22-14-21(22)19-4-2-1-3-5-19/h1-9,17,21-22,24H,10-16H2,(H,26,27)/t21-,22+/m1/s1. The third kappa shape index (κ3) is 4.76. The summed E-state index contributed by atoms with van der Waals surface area (Å²) < 4.78 is 0. The van der Waals surface area contributed by atoms with E-state index in [1.54, 1.807) is 12.1 Å². The molecule has 4 nitrogen and oxygen atoms in total. The summed E-state index contributed by atoms with van der Waals surface area (Å²) in [6.45, 7) is 4.30. The number of aromatic carboxylic acids is 1. The zero-order valence-electron chi connectivity index (χ0n) is 15.7. The van der Waals surface area contributed by atoms with Gasteiger partial charge in [-0.25, -0.2) is 4.79 Å². The van der Waals surface area contributed by atoms with Crippen molar-refractivity contribution in [2.75, 3.05) is 19.6 Å². The van der Waals surface area contributed by atoms with Crippen LogP contribution < -0.4 is 5.32 Å². The summed E-state index contributed by atoms with van der Waals surface area (Å²) in [5, 5.41) is 12.8. The lowest BCUT2D eigenvalue weighted by molar-refractivity contribution is 0.0697. The van der Waals surface area contributed by atoms with Crippen molar-refractivity contribution in [3.63, 3.8) is 0 Å². The fourth-order valence-electron chi connectivity index (χ4n) is 4.17. The van der Waals surface area contributed by atoms with Gasteiger partial charge >= 0.3 is 5.97 Å². The smallest absolute Gasteiger partial charge is 0.335 e. The third-order valence-corrected chi connectivity index (χ3v) is 6.00. The Kier molecular flexibility index (Phi) is 5.55. The Hall–Kier alpha value is -2.17. The first-order valence-electron chi connectivity index (χ1n) is 10.0. The number of carboxylic acid groups (broad SMARTS) is 1. The van der Waals surface area contributed by atoms with Gasteiger partial charge in [0, 0.05) is 18.5 Å². The molecule has 2 aromatic carbocycles. The lowest BCUT2D eigenvalue weighted by atomic mass is 9.96. The Morgan fingerprint density at radius 1 is 1.04 bits per heavy atom. The van der Waals surface area contributed by atoms with E-state index in [2.05, 4.69) is 40.5 Å². The predicted octanol–water partition coefficient (Wildman–Crippen LogP) is 3.74. The lowest BCUT2D eigenvalue weighted by Gasteiger charge is -2.32. The number of hydrogen-bond acceptors (Lipinski definition) is 3. The first kappa shape index (κ1) is 18.2. The molecule has 1 saturated heterocycles. The summed E-state index contributed by atoms with van der Waals surface area (Å²) in [5.74, 6) is 0.618. The minimum atomic E-state index is -0.861. The molecule has 0 spiro atoms. The molecule has 1 aliphatic carbocycles. The minimum Gasteiger partial charge on any atom is -0.478 e. The topological polar surface area (TPSA) is 52.6 Å². The van der Waals surface area contributed by atoms with Crippen LogP contribution >= 0.6 is 0 Å². The normalized spacial score (nSPS) is 23.3. The molecular weight excluding hydrogens is 336 g/mol. The monoisotopic (exact) mass is 364 g/mol. The van der Waals surface area contributed by atoms with Crippen LogP contribution in [0.4, 0.5) is 0 Å². The van der Waals surface area contributed by atoms with Gasteiger partial charge in [0.25, 0.3) is 0 Å². The zero-order chi connectivity index (χ0) is 18.6. The van der Waals surface area contributed by atoms with Crippen molar-refractivity contribution in [3.05, 3.63) is 71.3 Å². The summed E-state index contributed by atoms with van der Waals surface area (Å²) >= 11 is 0. The molecule has 2 fully saturated rings. The zero-order valence-corrected chi connectivity index (χ0v) is 15.7. The van der Waals surface area contributed by atoms with Crippen molar-refractivity contribution in [1.82, 2.24) is 10.2 Å². The van der Waals surface area contributed by atoms with Crippen LogP contribution in [-0.4, -0.2) is 41.7 Å². The van der Waals surface area contributed by atoms with Gasteiger partial charge in [0.1, 0.15) is 0 Å². The Balaban J connectivity index is 1.17. The molecule has 1 heterocycles. The second-order valence-electron chi connectivity index (χ2n) is 7.99. The van der Waals surface area contributed by atoms with Gasteiger partial charge in [0.05, 0.1) is 5.56 Å². The van der Waals surface area contributed by atoms with E-state index >= 15 is 0 Å². The van der Waals surface area contributed by atoms with Crippen LogP contribution in [0.25, 0.3) is 0 Å². The molecule has 2 atom stereocenters. The van der Waals surface area contributed by atoms with Crippen LogP contribution in [0.15, 0.2) is 54.6 Å². The number of likely N-dealkylation sites (tertiary alicyclic amines) is 1. The van der Waals surface area contributed by atoms with Gasteiger partial charge in [-0.05, 0) is 68.1 Å². The van der Waals surface area contributed by atoms with E-state index in [4.69, 9.17) is 5.11 Å². The Labute approximate surface area is 161 Å². The molecule has 2 aliphatic rings. The number of nitrogens with zero attached hydrogens (tertiary/aromatic N) is 1. The predicted molar refractivity (Wildman–Crippen MR) is 107 cm³/mol. The van der Waals surface area contributed by atoms with Crippen molar-refractivity contribution in [2.24, 2.45) is 5.92 Å². The molecule has 0 aromatic heterocycles. The molecule has 0 unspecified atom stereocenters. The van der Waals surface area contributed by atoms with Crippen LogP contribution in [0.1, 0.15) is 46.7 Å². The number of carboxylic acids is 1. The number of piperidine rings is 1. The van der Waals surface area contributed by atoms with Crippen molar-refractivity contribution >= 4 is 5.97 Å². The first-order valence-corrected chi connectivity index (χ1v) is 10.0. The molecule has 1 aliphatic heterocycles. The molecular formula is C23H28N2O2. The summed E-state index contributed by atoms with van der Waals surface area (Å²) in [6.07, 6.45) is 3.75. The lowest BCUT2D eigenvalue weighted by Crippen LogP contribution is -2.37. The van der Waals surface area contributed by atoms with E-state index in [0.717, 1.165) is 32.1 Å². The Morgan fingerprint density at radius 3 is 2.41 bits per heavy atom. The third-order valence-electron chi connectivity index (χ3n) is 6.00. The Bertz CT molecular complexity index is 752. The number of nitrogens with one attached hydrogen (secondary N) is 1. The molecule has 0 bridgehead atoms.